The van der Waals surface area contributed by atoms with Gasteiger partial charge in [0.05, 0.1) is 14.2 Å². The maximum atomic E-state index is 8.77. The van der Waals surface area contributed by atoms with Gasteiger partial charge in [-0.1, -0.05) is 6.07 Å². The van der Waals surface area contributed by atoms with Gasteiger partial charge in [0.25, 0.3) is 0 Å². The standard InChI is InChI=1S/C13H22N2O3/c1-17-12-5-4-10(8-13(12)18-2)11(9-14)15-6-3-7-16/h4-5,8,11,15-16H,3,6-7,9,14H2,1-2H3. The Kier molecular flexibility index (Phi) is 6.49. The average molecular weight is 254 g/mol. The summed E-state index contributed by atoms with van der Waals surface area (Å²) in [7, 11) is 3.22. The minimum Gasteiger partial charge on any atom is -0.493 e. The third kappa shape index (κ3) is 3.87. The van der Waals surface area contributed by atoms with E-state index >= 15 is 0 Å². The van der Waals surface area contributed by atoms with Gasteiger partial charge < -0.3 is 25.6 Å². The van der Waals surface area contributed by atoms with Gasteiger partial charge in [0.15, 0.2) is 11.5 Å². The summed E-state index contributed by atoms with van der Waals surface area (Å²) in [6.45, 7) is 1.39. The van der Waals surface area contributed by atoms with Gasteiger partial charge in [-0.25, -0.2) is 0 Å². The molecule has 5 heteroatoms. The molecule has 0 aliphatic heterocycles. The van der Waals surface area contributed by atoms with Crippen LogP contribution in [0, 0.1) is 0 Å². The SMILES string of the molecule is COc1ccc(C(CN)NCCCO)cc1OC. The summed E-state index contributed by atoms with van der Waals surface area (Å²) in [6, 6.07) is 5.80. The fourth-order valence-electron chi connectivity index (χ4n) is 1.76. The smallest absolute Gasteiger partial charge is 0.161 e. The van der Waals surface area contributed by atoms with Gasteiger partial charge in [0.1, 0.15) is 0 Å². The zero-order chi connectivity index (χ0) is 13.4. The summed E-state index contributed by atoms with van der Waals surface area (Å²) in [6.07, 6.45) is 0.712. The van der Waals surface area contributed by atoms with Crippen molar-refractivity contribution in [3.8, 4) is 11.5 Å². The second-order valence-corrected chi connectivity index (χ2v) is 3.93. The molecule has 0 amide bonds. The Labute approximate surface area is 108 Å². The van der Waals surface area contributed by atoms with E-state index in [9.17, 15) is 0 Å². The average Bonchev–Trinajstić information content (AvgIpc) is 2.43. The molecule has 1 aromatic carbocycles. The van der Waals surface area contributed by atoms with Crippen molar-refractivity contribution >= 4 is 0 Å². The van der Waals surface area contributed by atoms with Crippen LogP contribution < -0.4 is 20.5 Å². The number of hydrogen-bond donors (Lipinski definition) is 3. The Hall–Kier alpha value is -1.30. The van der Waals surface area contributed by atoms with Crippen molar-refractivity contribution in [1.82, 2.24) is 5.32 Å². The third-order valence-corrected chi connectivity index (χ3v) is 2.77. The van der Waals surface area contributed by atoms with Gasteiger partial charge in [-0.2, -0.15) is 0 Å². The molecule has 1 unspecified atom stereocenters. The highest BCUT2D eigenvalue weighted by atomic mass is 16.5. The number of nitrogens with one attached hydrogen (secondary N) is 1. The predicted molar refractivity (Wildman–Crippen MR) is 71.0 cm³/mol. The number of rotatable bonds is 8. The molecule has 1 rings (SSSR count). The molecule has 0 radical (unpaired) electrons. The van der Waals surface area contributed by atoms with Crippen LogP contribution in [0.5, 0.6) is 11.5 Å². The highest BCUT2D eigenvalue weighted by Gasteiger charge is 2.12. The molecule has 1 aromatic rings. The number of nitrogens with two attached hydrogens (primary N) is 1. The molecule has 0 aliphatic carbocycles. The topological polar surface area (TPSA) is 76.7 Å². The first-order chi connectivity index (χ1) is 8.76. The molecule has 5 nitrogen and oxygen atoms in total. The Morgan fingerprint density at radius 2 is 2.00 bits per heavy atom. The lowest BCUT2D eigenvalue weighted by Gasteiger charge is -2.18. The van der Waals surface area contributed by atoms with Crippen molar-refractivity contribution in [3.05, 3.63) is 23.8 Å². The van der Waals surface area contributed by atoms with Crippen LogP contribution in [-0.4, -0.2) is 39.0 Å². The summed E-state index contributed by atoms with van der Waals surface area (Å²) in [4.78, 5) is 0. The van der Waals surface area contributed by atoms with E-state index in [4.69, 9.17) is 20.3 Å². The van der Waals surface area contributed by atoms with Crippen molar-refractivity contribution in [3.63, 3.8) is 0 Å². The molecule has 0 saturated heterocycles. The zero-order valence-corrected chi connectivity index (χ0v) is 11.0. The lowest BCUT2D eigenvalue weighted by atomic mass is 10.1. The number of hydrogen-bond acceptors (Lipinski definition) is 5. The van der Waals surface area contributed by atoms with Gasteiger partial charge >= 0.3 is 0 Å². The van der Waals surface area contributed by atoms with Crippen molar-refractivity contribution in [1.29, 1.82) is 0 Å². The predicted octanol–water partition coefficient (Wildman–Crippen LogP) is 0.676. The lowest BCUT2D eigenvalue weighted by molar-refractivity contribution is 0.283. The molecule has 0 aromatic heterocycles. The highest BCUT2D eigenvalue weighted by molar-refractivity contribution is 5.43. The van der Waals surface area contributed by atoms with Crippen LogP contribution in [0.2, 0.25) is 0 Å². The largest absolute Gasteiger partial charge is 0.493 e. The quantitative estimate of drug-likeness (QED) is 0.595. The van der Waals surface area contributed by atoms with E-state index in [-0.39, 0.29) is 12.6 Å². The summed E-state index contributed by atoms with van der Waals surface area (Å²) < 4.78 is 10.5. The van der Waals surface area contributed by atoms with Gasteiger partial charge in [-0.3, -0.25) is 0 Å². The van der Waals surface area contributed by atoms with Crippen LogP contribution in [-0.2, 0) is 0 Å². The second-order valence-electron chi connectivity index (χ2n) is 3.93. The van der Waals surface area contributed by atoms with Crippen LogP contribution in [0.3, 0.4) is 0 Å². The normalized spacial score (nSPS) is 12.2. The Balaban J connectivity index is 2.79. The van der Waals surface area contributed by atoms with Crippen LogP contribution in [0.4, 0.5) is 0 Å². The van der Waals surface area contributed by atoms with Gasteiger partial charge in [-0.05, 0) is 30.7 Å². The third-order valence-electron chi connectivity index (χ3n) is 2.77. The Bertz CT molecular complexity index is 358. The fraction of sp³-hybridized carbons (Fsp3) is 0.538. The van der Waals surface area contributed by atoms with E-state index < -0.39 is 0 Å². The molecule has 0 saturated carbocycles. The van der Waals surface area contributed by atoms with Crippen molar-refractivity contribution in [2.75, 3.05) is 33.9 Å². The monoisotopic (exact) mass is 254 g/mol. The lowest BCUT2D eigenvalue weighted by Crippen LogP contribution is -2.29. The van der Waals surface area contributed by atoms with E-state index in [2.05, 4.69) is 5.32 Å². The zero-order valence-electron chi connectivity index (χ0n) is 11.0. The van der Waals surface area contributed by atoms with Crippen LogP contribution >= 0.6 is 0 Å². The summed E-state index contributed by atoms with van der Waals surface area (Å²) in [5.41, 5.74) is 6.80. The Morgan fingerprint density at radius 1 is 1.28 bits per heavy atom. The molecule has 0 spiro atoms. The molecule has 102 valence electrons. The van der Waals surface area contributed by atoms with E-state index in [1.807, 2.05) is 18.2 Å². The first kappa shape index (κ1) is 14.8. The van der Waals surface area contributed by atoms with Crippen LogP contribution in [0.15, 0.2) is 18.2 Å². The van der Waals surface area contributed by atoms with E-state index in [0.29, 0.717) is 24.5 Å². The number of aliphatic hydroxyl groups excluding tert-OH is 1. The van der Waals surface area contributed by atoms with Gasteiger partial charge in [-0.15, -0.1) is 0 Å². The molecule has 0 fully saturated rings. The molecule has 0 aliphatic rings. The summed E-state index contributed by atoms with van der Waals surface area (Å²) in [5, 5.41) is 12.1. The second kappa shape index (κ2) is 7.92. The first-order valence-corrected chi connectivity index (χ1v) is 6.03. The fourth-order valence-corrected chi connectivity index (χ4v) is 1.76. The molecule has 0 heterocycles. The number of methoxy groups -OCH3 is 2. The van der Waals surface area contributed by atoms with Crippen molar-refractivity contribution < 1.29 is 14.6 Å². The maximum absolute atomic E-state index is 8.77. The van der Waals surface area contributed by atoms with Crippen molar-refractivity contribution in [2.45, 2.75) is 12.5 Å². The van der Waals surface area contributed by atoms with E-state index in [1.54, 1.807) is 14.2 Å². The van der Waals surface area contributed by atoms with E-state index in [0.717, 1.165) is 12.1 Å². The van der Waals surface area contributed by atoms with Crippen LogP contribution in [0.1, 0.15) is 18.0 Å². The highest BCUT2D eigenvalue weighted by Crippen LogP contribution is 2.29. The van der Waals surface area contributed by atoms with Gasteiger partial charge in [0, 0.05) is 19.2 Å². The number of ether oxygens (including phenoxy) is 2. The molecule has 1 atom stereocenters. The minimum atomic E-state index is 0.0522. The molecule has 18 heavy (non-hydrogen) atoms. The maximum Gasteiger partial charge on any atom is 0.161 e. The molecule has 4 N–H and O–H groups in total. The Morgan fingerprint density at radius 3 is 2.56 bits per heavy atom. The first-order valence-electron chi connectivity index (χ1n) is 6.03. The number of benzene rings is 1. The van der Waals surface area contributed by atoms with E-state index in [1.165, 1.54) is 0 Å². The summed E-state index contributed by atoms with van der Waals surface area (Å²) >= 11 is 0. The molecular formula is C13H22N2O3. The van der Waals surface area contributed by atoms with Gasteiger partial charge in [0.2, 0.25) is 0 Å². The minimum absolute atomic E-state index is 0.0522. The molecular weight excluding hydrogens is 232 g/mol. The number of aliphatic hydroxyl groups is 1. The molecule has 0 bridgehead atoms. The van der Waals surface area contributed by atoms with Crippen molar-refractivity contribution in [2.24, 2.45) is 5.73 Å². The van der Waals surface area contributed by atoms with Crippen LogP contribution in [0.25, 0.3) is 0 Å². The summed E-state index contributed by atoms with van der Waals surface area (Å²) in [5.74, 6) is 1.39.